The molecule has 1 unspecified atom stereocenters. The van der Waals surface area contributed by atoms with Crippen molar-refractivity contribution < 1.29 is 24.2 Å². The van der Waals surface area contributed by atoms with Gasteiger partial charge in [-0.3, -0.25) is 9.59 Å². The molecule has 1 aliphatic rings. The average Bonchev–Trinajstić information content (AvgIpc) is 3.00. The van der Waals surface area contributed by atoms with E-state index in [1.807, 2.05) is 42.5 Å². The molecule has 10 heteroatoms. The van der Waals surface area contributed by atoms with Crippen LogP contribution in [0.15, 0.2) is 113 Å². The van der Waals surface area contributed by atoms with Gasteiger partial charge in [-0.15, -0.1) is 0 Å². The molecule has 42 heavy (non-hydrogen) atoms. The molecule has 5 rings (SSSR count). The van der Waals surface area contributed by atoms with Gasteiger partial charge in [-0.1, -0.05) is 54.1 Å². The van der Waals surface area contributed by atoms with E-state index in [0.29, 0.717) is 39.0 Å². The third-order valence-corrected chi connectivity index (χ3v) is 6.96. The van der Waals surface area contributed by atoms with Crippen LogP contribution in [0.4, 0.5) is 17.1 Å². The summed E-state index contributed by atoms with van der Waals surface area (Å²) < 4.78 is 10.8. The summed E-state index contributed by atoms with van der Waals surface area (Å²) in [5.74, 6) is -0.300. The van der Waals surface area contributed by atoms with Crippen LogP contribution in [0, 0.1) is 0 Å². The van der Waals surface area contributed by atoms with Gasteiger partial charge in [0.05, 0.1) is 25.5 Å². The molecule has 0 saturated carbocycles. The van der Waals surface area contributed by atoms with E-state index in [4.69, 9.17) is 21.1 Å². The lowest BCUT2D eigenvalue weighted by Crippen LogP contribution is -2.23. The Morgan fingerprint density at radius 3 is 2.33 bits per heavy atom. The van der Waals surface area contributed by atoms with E-state index < -0.39 is 11.9 Å². The quantitative estimate of drug-likeness (QED) is 0.186. The standard InChI is InChI=1S/C32H27ClN4O5/c1-41-27-15-13-21(33)18-25(27)35-32(40)24-16-19-8-6-7-11-23(19)29(30(24)38)37-36-26-17-20(12-14-28(26)42-2)31(39)34-22-9-4-3-5-10-22/h3-15,17-18,29,38H,16H2,1-2H3,(H,34,39)(H,35,40)/b37-36+. The highest BCUT2D eigenvalue weighted by atomic mass is 35.5. The maximum atomic E-state index is 13.4. The Morgan fingerprint density at radius 2 is 1.57 bits per heavy atom. The highest BCUT2D eigenvalue weighted by Gasteiger charge is 2.31. The van der Waals surface area contributed by atoms with Gasteiger partial charge < -0.3 is 25.2 Å². The van der Waals surface area contributed by atoms with Crippen LogP contribution in [0.25, 0.3) is 0 Å². The van der Waals surface area contributed by atoms with E-state index in [0.717, 1.165) is 5.56 Å². The minimum absolute atomic E-state index is 0.127. The van der Waals surface area contributed by atoms with Gasteiger partial charge in [-0.25, -0.2) is 0 Å². The highest BCUT2D eigenvalue weighted by Crippen LogP contribution is 2.39. The third-order valence-electron chi connectivity index (χ3n) is 6.72. The van der Waals surface area contributed by atoms with Crippen molar-refractivity contribution in [1.82, 2.24) is 0 Å². The summed E-state index contributed by atoms with van der Waals surface area (Å²) >= 11 is 6.13. The van der Waals surface area contributed by atoms with Crippen LogP contribution < -0.4 is 20.1 Å². The molecule has 0 aromatic heterocycles. The van der Waals surface area contributed by atoms with Crippen molar-refractivity contribution in [2.75, 3.05) is 24.9 Å². The fourth-order valence-corrected chi connectivity index (χ4v) is 4.77. The van der Waals surface area contributed by atoms with Gasteiger partial charge in [0.25, 0.3) is 11.8 Å². The number of aliphatic hydroxyl groups is 1. The van der Waals surface area contributed by atoms with Crippen LogP contribution in [-0.2, 0) is 11.2 Å². The van der Waals surface area contributed by atoms with Crippen LogP contribution in [0.3, 0.4) is 0 Å². The summed E-state index contributed by atoms with van der Waals surface area (Å²) in [5.41, 5.74) is 3.27. The van der Waals surface area contributed by atoms with Gasteiger partial charge in [0.15, 0.2) is 6.04 Å². The smallest absolute Gasteiger partial charge is 0.255 e. The molecule has 0 aliphatic heterocycles. The minimum atomic E-state index is -0.969. The average molecular weight is 583 g/mol. The lowest BCUT2D eigenvalue weighted by Gasteiger charge is -2.24. The first-order valence-electron chi connectivity index (χ1n) is 13.0. The van der Waals surface area contributed by atoms with Crippen molar-refractivity contribution in [3.63, 3.8) is 0 Å². The number of carbonyl (C=O) groups is 2. The zero-order chi connectivity index (χ0) is 29.6. The molecular weight excluding hydrogens is 556 g/mol. The number of para-hydroxylation sites is 1. The Hall–Kier alpha value is -5.15. The number of anilines is 2. The van der Waals surface area contributed by atoms with E-state index in [2.05, 4.69) is 20.9 Å². The van der Waals surface area contributed by atoms with Crippen LogP contribution in [0.1, 0.15) is 27.5 Å². The van der Waals surface area contributed by atoms with Gasteiger partial charge in [0.1, 0.15) is 22.9 Å². The second kappa shape index (κ2) is 12.6. The number of benzene rings is 4. The second-order valence-corrected chi connectivity index (χ2v) is 9.80. The summed E-state index contributed by atoms with van der Waals surface area (Å²) in [5, 5.41) is 26.2. The number of halogens is 1. The SMILES string of the molecule is COc1ccc(C(=O)Nc2ccccc2)cc1/N=N/C1C(O)=C(C(=O)Nc2cc(Cl)ccc2OC)Cc2ccccc21. The molecule has 0 bridgehead atoms. The van der Waals surface area contributed by atoms with E-state index >= 15 is 0 Å². The van der Waals surface area contributed by atoms with E-state index in [1.165, 1.54) is 14.2 Å². The number of methoxy groups -OCH3 is 2. The number of ether oxygens (including phenoxy) is 2. The topological polar surface area (TPSA) is 122 Å². The molecule has 2 amide bonds. The molecule has 0 fully saturated rings. The number of fused-ring (bicyclic) bond motifs is 1. The van der Waals surface area contributed by atoms with Gasteiger partial charge in [0.2, 0.25) is 0 Å². The van der Waals surface area contributed by atoms with Crippen molar-refractivity contribution in [3.05, 3.63) is 124 Å². The largest absolute Gasteiger partial charge is 0.509 e. The van der Waals surface area contributed by atoms with Crippen LogP contribution in [-0.4, -0.2) is 31.1 Å². The molecule has 0 saturated heterocycles. The number of azo groups is 1. The number of nitrogens with one attached hydrogen (secondary N) is 2. The highest BCUT2D eigenvalue weighted by molar-refractivity contribution is 6.31. The van der Waals surface area contributed by atoms with E-state index in [-0.39, 0.29) is 29.3 Å². The third kappa shape index (κ3) is 6.11. The van der Waals surface area contributed by atoms with E-state index in [1.54, 1.807) is 48.5 Å². The molecule has 9 nitrogen and oxygen atoms in total. The number of aliphatic hydroxyl groups excluding tert-OH is 1. The lowest BCUT2D eigenvalue weighted by molar-refractivity contribution is -0.113. The van der Waals surface area contributed by atoms with E-state index in [9.17, 15) is 14.7 Å². The van der Waals surface area contributed by atoms with Gasteiger partial charge in [0, 0.05) is 22.7 Å². The predicted molar refractivity (Wildman–Crippen MR) is 161 cm³/mol. The first-order chi connectivity index (χ1) is 20.4. The van der Waals surface area contributed by atoms with Crippen molar-refractivity contribution >= 4 is 40.5 Å². The van der Waals surface area contributed by atoms with Crippen LogP contribution >= 0.6 is 11.6 Å². The molecule has 4 aromatic rings. The van der Waals surface area contributed by atoms with Crippen molar-refractivity contribution in [3.8, 4) is 11.5 Å². The van der Waals surface area contributed by atoms with Crippen LogP contribution in [0.5, 0.6) is 11.5 Å². The summed E-state index contributed by atoms with van der Waals surface area (Å²) in [6.45, 7) is 0. The number of amides is 2. The van der Waals surface area contributed by atoms with Crippen molar-refractivity contribution in [2.45, 2.75) is 12.5 Å². The monoisotopic (exact) mass is 582 g/mol. The number of rotatable bonds is 8. The summed E-state index contributed by atoms with van der Waals surface area (Å²) in [4.78, 5) is 26.3. The normalized spacial score (nSPS) is 14.3. The Balaban J connectivity index is 1.47. The van der Waals surface area contributed by atoms with Gasteiger partial charge >= 0.3 is 0 Å². The molecule has 0 radical (unpaired) electrons. The fraction of sp³-hybridized carbons (Fsp3) is 0.125. The van der Waals surface area contributed by atoms with Gasteiger partial charge in [-0.2, -0.15) is 10.2 Å². The van der Waals surface area contributed by atoms with Crippen molar-refractivity contribution in [1.29, 1.82) is 0 Å². The number of hydrogen-bond acceptors (Lipinski definition) is 7. The molecule has 1 atom stereocenters. The number of hydrogen-bond donors (Lipinski definition) is 3. The molecule has 212 valence electrons. The minimum Gasteiger partial charge on any atom is -0.509 e. The molecule has 0 heterocycles. The predicted octanol–water partition coefficient (Wildman–Crippen LogP) is 7.44. The zero-order valence-corrected chi connectivity index (χ0v) is 23.6. The Morgan fingerprint density at radius 1 is 0.857 bits per heavy atom. The summed E-state index contributed by atoms with van der Waals surface area (Å²) in [6, 6.07) is 25.1. The summed E-state index contributed by atoms with van der Waals surface area (Å²) in [7, 11) is 2.97. The molecule has 4 aromatic carbocycles. The maximum Gasteiger partial charge on any atom is 0.255 e. The Kier molecular flexibility index (Phi) is 8.50. The Labute approximate surface area is 247 Å². The maximum absolute atomic E-state index is 13.4. The fourth-order valence-electron chi connectivity index (χ4n) is 4.60. The first kappa shape index (κ1) is 28.4. The molecular formula is C32H27ClN4O5. The zero-order valence-electron chi connectivity index (χ0n) is 22.8. The molecule has 0 spiro atoms. The molecule has 3 N–H and O–H groups in total. The molecule has 1 aliphatic carbocycles. The van der Waals surface area contributed by atoms with Gasteiger partial charge in [-0.05, 0) is 59.7 Å². The lowest BCUT2D eigenvalue weighted by atomic mass is 9.86. The summed E-state index contributed by atoms with van der Waals surface area (Å²) in [6.07, 6.45) is 0.182. The Bertz CT molecular complexity index is 1700. The number of nitrogens with zero attached hydrogens (tertiary/aromatic N) is 2. The first-order valence-corrected chi connectivity index (χ1v) is 13.4. The number of carbonyl (C=O) groups excluding carboxylic acids is 2. The van der Waals surface area contributed by atoms with Crippen molar-refractivity contribution in [2.24, 2.45) is 10.2 Å². The second-order valence-electron chi connectivity index (χ2n) is 9.36. The van der Waals surface area contributed by atoms with Crippen LogP contribution in [0.2, 0.25) is 5.02 Å².